The number of carboxylic acid groups (broad SMARTS) is 1. The van der Waals surface area contributed by atoms with Crippen LogP contribution in [0.4, 0.5) is 5.69 Å². The first-order chi connectivity index (χ1) is 23.4. The standard InChI is InChI=1S/C38H40N4O6S/c1-26-20-27(2)37(28(3)21-26)49(46,47)41(5)24-35(43)42(23-34-39-18-19-40(34)4)33-17-16-31(38(44)45)36(48-25-30-14-10-7-11-15-30)32(33)22-29-12-8-6-9-13-29/h6-21H,22-25H2,1-5H3,(H,44,45). The number of rotatable bonds is 13. The van der Waals surface area contributed by atoms with Crippen LogP contribution in [0.3, 0.4) is 0 Å². The van der Waals surface area contributed by atoms with E-state index in [-0.39, 0.29) is 35.8 Å². The van der Waals surface area contributed by atoms with Crippen LogP contribution < -0.4 is 9.64 Å². The summed E-state index contributed by atoms with van der Waals surface area (Å²) < 4.78 is 36.9. The molecule has 0 aliphatic heterocycles. The van der Waals surface area contributed by atoms with E-state index in [0.717, 1.165) is 21.0 Å². The third-order valence-corrected chi connectivity index (χ3v) is 10.5. The second-order valence-electron chi connectivity index (χ2n) is 12.1. The Morgan fingerprint density at radius 3 is 2.08 bits per heavy atom. The number of ether oxygens (including phenoxy) is 1. The number of imidazole rings is 1. The Morgan fingerprint density at radius 2 is 1.51 bits per heavy atom. The molecule has 0 radical (unpaired) electrons. The molecule has 1 heterocycles. The molecule has 5 aromatic rings. The summed E-state index contributed by atoms with van der Waals surface area (Å²) in [7, 11) is -0.870. The number of carbonyl (C=O) groups is 2. The minimum Gasteiger partial charge on any atom is -0.488 e. The van der Waals surface area contributed by atoms with Crippen molar-refractivity contribution in [2.75, 3.05) is 18.5 Å². The van der Waals surface area contributed by atoms with Gasteiger partial charge in [-0.15, -0.1) is 0 Å². The third kappa shape index (κ3) is 7.90. The van der Waals surface area contributed by atoms with E-state index in [1.54, 1.807) is 56.1 Å². The molecule has 0 aliphatic carbocycles. The summed E-state index contributed by atoms with van der Waals surface area (Å²) in [5.74, 6) is -1.03. The summed E-state index contributed by atoms with van der Waals surface area (Å²) in [5, 5.41) is 10.3. The summed E-state index contributed by atoms with van der Waals surface area (Å²) in [6.45, 7) is 4.99. The first-order valence-corrected chi connectivity index (χ1v) is 17.2. The molecule has 10 nitrogen and oxygen atoms in total. The van der Waals surface area contributed by atoms with Crippen LogP contribution in [0.2, 0.25) is 0 Å². The quantitative estimate of drug-likeness (QED) is 0.160. The maximum Gasteiger partial charge on any atom is 0.339 e. The van der Waals surface area contributed by atoms with E-state index in [2.05, 4.69) is 4.98 Å². The summed E-state index contributed by atoms with van der Waals surface area (Å²) in [6.07, 6.45) is 3.61. The fourth-order valence-corrected chi connectivity index (χ4v) is 7.52. The van der Waals surface area contributed by atoms with Crippen LogP contribution in [0.25, 0.3) is 0 Å². The van der Waals surface area contributed by atoms with Crippen molar-refractivity contribution in [3.05, 3.63) is 142 Å². The van der Waals surface area contributed by atoms with Gasteiger partial charge in [0.15, 0.2) is 0 Å². The normalized spacial score (nSPS) is 11.5. The van der Waals surface area contributed by atoms with E-state index >= 15 is 0 Å². The van der Waals surface area contributed by atoms with Gasteiger partial charge in [-0.1, -0.05) is 78.4 Å². The van der Waals surface area contributed by atoms with Crippen molar-refractivity contribution in [3.63, 3.8) is 0 Å². The Kier molecular flexibility index (Phi) is 10.6. The number of aryl methyl sites for hydroxylation is 4. The number of carboxylic acids is 1. The largest absolute Gasteiger partial charge is 0.488 e. The molecule has 0 saturated heterocycles. The highest BCUT2D eigenvalue weighted by molar-refractivity contribution is 7.89. The van der Waals surface area contributed by atoms with Gasteiger partial charge in [0.25, 0.3) is 0 Å². The van der Waals surface area contributed by atoms with Crippen LogP contribution in [-0.2, 0) is 41.4 Å². The minimum atomic E-state index is -4.06. The predicted octanol–water partition coefficient (Wildman–Crippen LogP) is 6.07. The molecule has 0 bridgehead atoms. The van der Waals surface area contributed by atoms with Crippen LogP contribution in [0.5, 0.6) is 5.75 Å². The summed E-state index contributed by atoms with van der Waals surface area (Å²) in [5.41, 5.74) is 4.64. The highest BCUT2D eigenvalue weighted by Gasteiger charge is 2.31. The number of benzene rings is 4. The number of carbonyl (C=O) groups excluding carboxylic acids is 1. The Morgan fingerprint density at radius 1 is 0.898 bits per heavy atom. The monoisotopic (exact) mass is 680 g/mol. The Balaban J connectivity index is 1.63. The van der Waals surface area contributed by atoms with Crippen LogP contribution in [0.1, 0.15) is 49.6 Å². The second-order valence-corrected chi connectivity index (χ2v) is 14.1. The number of likely N-dealkylation sites (N-methyl/N-ethyl adjacent to an activating group) is 1. The van der Waals surface area contributed by atoms with Crippen molar-refractivity contribution >= 4 is 27.6 Å². The smallest absolute Gasteiger partial charge is 0.339 e. The lowest BCUT2D eigenvalue weighted by molar-refractivity contribution is -0.118. The van der Waals surface area contributed by atoms with Crippen molar-refractivity contribution in [2.24, 2.45) is 7.05 Å². The molecule has 0 fully saturated rings. The van der Waals surface area contributed by atoms with Crippen LogP contribution in [-0.4, -0.2) is 52.8 Å². The molecule has 0 atom stereocenters. The van der Waals surface area contributed by atoms with Crippen molar-refractivity contribution in [1.29, 1.82) is 0 Å². The number of nitrogens with zero attached hydrogens (tertiary/aromatic N) is 4. The first kappa shape index (κ1) is 35.1. The molecular formula is C38H40N4O6S. The van der Waals surface area contributed by atoms with E-state index < -0.39 is 28.4 Å². The Hall–Kier alpha value is -5.26. The number of aromatic nitrogens is 2. The van der Waals surface area contributed by atoms with Gasteiger partial charge in [0.1, 0.15) is 23.7 Å². The van der Waals surface area contributed by atoms with Crippen LogP contribution >= 0.6 is 0 Å². The maximum atomic E-state index is 14.4. The number of hydrogen-bond donors (Lipinski definition) is 1. The molecule has 254 valence electrons. The molecule has 0 aliphatic rings. The van der Waals surface area contributed by atoms with E-state index in [1.807, 2.05) is 67.6 Å². The molecular weight excluding hydrogens is 641 g/mol. The zero-order valence-electron chi connectivity index (χ0n) is 28.3. The fourth-order valence-electron chi connectivity index (χ4n) is 5.99. The molecule has 5 rings (SSSR count). The third-order valence-electron chi connectivity index (χ3n) is 8.36. The van der Waals surface area contributed by atoms with E-state index in [4.69, 9.17) is 4.74 Å². The minimum absolute atomic E-state index is 0.00879. The summed E-state index contributed by atoms with van der Waals surface area (Å²) >= 11 is 0. The van der Waals surface area contributed by atoms with Gasteiger partial charge < -0.3 is 19.3 Å². The topological polar surface area (TPSA) is 122 Å². The zero-order chi connectivity index (χ0) is 35.3. The molecule has 0 unspecified atom stereocenters. The van der Waals surface area contributed by atoms with Gasteiger partial charge in [-0.3, -0.25) is 4.79 Å². The Bertz CT molecular complexity index is 2060. The first-order valence-electron chi connectivity index (χ1n) is 15.8. The lowest BCUT2D eigenvalue weighted by Crippen LogP contribution is -2.42. The van der Waals surface area contributed by atoms with Gasteiger partial charge in [-0.05, 0) is 55.2 Å². The number of sulfonamides is 1. The average molecular weight is 681 g/mol. The van der Waals surface area contributed by atoms with Crippen LogP contribution in [0.15, 0.2) is 102 Å². The van der Waals surface area contributed by atoms with Crippen molar-refractivity contribution < 1.29 is 27.9 Å². The van der Waals surface area contributed by atoms with Gasteiger partial charge in [0, 0.05) is 38.5 Å². The van der Waals surface area contributed by atoms with E-state index in [1.165, 1.54) is 18.0 Å². The van der Waals surface area contributed by atoms with Gasteiger partial charge in [0.2, 0.25) is 15.9 Å². The van der Waals surface area contributed by atoms with Gasteiger partial charge >= 0.3 is 5.97 Å². The lowest BCUT2D eigenvalue weighted by Gasteiger charge is -2.29. The maximum absolute atomic E-state index is 14.4. The number of hydrogen-bond acceptors (Lipinski definition) is 6. The number of aromatic carboxylic acids is 1. The van der Waals surface area contributed by atoms with Crippen LogP contribution in [0, 0.1) is 20.8 Å². The molecule has 1 N–H and O–H groups in total. The molecule has 0 saturated carbocycles. The number of amides is 1. The second kappa shape index (κ2) is 14.9. The molecule has 11 heteroatoms. The van der Waals surface area contributed by atoms with Crippen molar-refractivity contribution in [2.45, 2.75) is 45.2 Å². The van der Waals surface area contributed by atoms with E-state index in [0.29, 0.717) is 28.2 Å². The highest BCUT2D eigenvalue weighted by Crippen LogP contribution is 2.37. The molecule has 1 aromatic heterocycles. The summed E-state index contributed by atoms with van der Waals surface area (Å²) in [4.78, 5) is 33.1. The SMILES string of the molecule is Cc1cc(C)c(S(=O)(=O)N(C)CC(=O)N(Cc2nccn2C)c2ccc(C(=O)O)c(OCc3ccccc3)c2Cc2ccccc2)c(C)c1. The number of anilines is 1. The fraction of sp³-hybridized carbons (Fsp3) is 0.237. The van der Waals surface area contributed by atoms with E-state index in [9.17, 15) is 23.1 Å². The van der Waals surface area contributed by atoms with Gasteiger partial charge in [-0.2, -0.15) is 4.31 Å². The lowest BCUT2D eigenvalue weighted by atomic mass is 9.98. The average Bonchev–Trinajstić information content (AvgIpc) is 3.47. The molecule has 0 spiro atoms. The van der Waals surface area contributed by atoms with Gasteiger partial charge in [-0.25, -0.2) is 18.2 Å². The highest BCUT2D eigenvalue weighted by atomic mass is 32.2. The molecule has 1 amide bonds. The predicted molar refractivity (Wildman–Crippen MR) is 188 cm³/mol. The molecule has 4 aromatic carbocycles. The van der Waals surface area contributed by atoms with Crippen molar-refractivity contribution in [3.8, 4) is 5.75 Å². The summed E-state index contributed by atoms with van der Waals surface area (Å²) in [6, 6.07) is 25.5. The van der Waals surface area contributed by atoms with Gasteiger partial charge in [0.05, 0.1) is 23.7 Å². The molecule has 49 heavy (non-hydrogen) atoms. The van der Waals surface area contributed by atoms with Crippen molar-refractivity contribution in [1.82, 2.24) is 13.9 Å². The zero-order valence-corrected chi connectivity index (χ0v) is 29.1. The Labute approximate surface area is 287 Å².